The van der Waals surface area contributed by atoms with Crippen molar-refractivity contribution in [2.24, 2.45) is 0 Å². The highest BCUT2D eigenvalue weighted by atomic mass is 16.5. The lowest BCUT2D eigenvalue weighted by atomic mass is 9.99. The SMILES string of the molecule is C=C(/C=C(\NC(=O)c1ccccc1)C(=O)N1CCC([NH+]2CCCCC2)CC1)O/C=C\C. The summed E-state index contributed by atoms with van der Waals surface area (Å²) in [5.74, 6) is -0.226. The Bertz CT molecular complexity index is 818. The zero-order valence-corrected chi connectivity index (χ0v) is 18.4. The highest BCUT2D eigenvalue weighted by Crippen LogP contribution is 2.14. The van der Waals surface area contributed by atoms with Gasteiger partial charge in [0.25, 0.3) is 11.8 Å². The first-order valence-electron chi connectivity index (χ1n) is 11.3. The molecule has 2 aliphatic rings. The number of amides is 2. The van der Waals surface area contributed by atoms with Gasteiger partial charge in [0.2, 0.25) is 0 Å². The van der Waals surface area contributed by atoms with Crippen LogP contribution in [-0.2, 0) is 9.53 Å². The zero-order valence-electron chi connectivity index (χ0n) is 18.4. The second-order valence-corrected chi connectivity index (χ2v) is 8.22. The van der Waals surface area contributed by atoms with E-state index in [4.69, 9.17) is 4.74 Å². The summed E-state index contributed by atoms with van der Waals surface area (Å²) in [6, 6.07) is 9.50. The average Bonchev–Trinajstić information content (AvgIpc) is 2.83. The number of benzene rings is 1. The van der Waals surface area contributed by atoms with Crippen LogP contribution < -0.4 is 10.2 Å². The van der Waals surface area contributed by atoms with Crippen LogP contribution >= 0.6 is 0 Å². The van der Waals surface area contributed by atoms with Crippen molar-refractivity contribution in [1.82, 2.24) is 10.2 Å². The van der Waals surface area contributed by atoms with E-state index in [1.807, 2.05) is 17.9 Å². The Hall–Kier alpha value is -2.86. The number of hydrogen-bond donors (Lipinski definition) is 2. The molecule has 2 amide bonds. The first-order valence-corrected chi connectivity index (χ1v) is 11.3. The highest BCUT2D eigenvalue weighted by molar-refractivity contribution is 6.03. The molecular weight excluding hydrogens is 390 g/mol. The van der Waals surface area contributed by atoms with Crippen molar-refractivity contribution in [3.63, 3.8) is 0 Å². The van der Waals surface area contributed by atoms with E-state index in [9.17, 15) is 9.59 Å². The molecule has 2 saturated heterocycles. The number of carbonyl (C=O) groups excluding carboxylic acids is 2. The van der Waals surface area contributed by atoms with Crippen molar-refractivity contribution in [2.45, 2.75) is 45.1 Å². The van der Waals surface area contributed by atoms with E-state index in [0.717, 1.165) is 12.8 Å². The van der Waals surface area contributed by atoms with Crippen LogP contribution in [0.2, 0.25) is 0 Å². The molecule has 2 heterocycles. The molecule has 0 saturated carbocycles. The predicted molar refractivity (Wildman–Crippen MR) is 121 cm³/mol. The van der Waals surface area contributed by atoms with Crippen LogP contribution in [-0.4, -0.2) is 48.9 Å². The molecule has 0 atom stereocenters. The number of piperidine rings is 2. The molecular formula is C25H34N3O3+. The first kappa shape index (κ1) is 22.8. The smallest absolute Gasteiger partial charge is 0.270 e. The molecule has 3 rings (SSSR count). The third-order valence-corrected chi connectivity index (χ3v) is 6.03. The summed E-state index contributed by atoms with van der Waals surface area (Å²) in [5.41, 5.74) is 0.681. The Labute approximate surface area is 185 Å². The number of rotatable bonds is 7. The van der Waals surface area contributed by atoms with Gasteiger partial charge >= 0.3 is 0 Å². The Morgan fingerprint density at radius 1 is 1.13 bits per heavy atom. The van der Waals surface area contributed by atoms with Crippen LogP contribution in [0.15, 0.2) is 66.8 Å². The summed E-state index contributed by atoms with van der Waals surface area (Å²) < 4.78 is 5.37. The minimum absolute atomic E-state index is 0.187. The fourth-order valence-electron chi connectivity index (χ4n) is 4.36. The van der Waals surface area contributed by atoms with E-state index in [2.05, 4.69) is 11.9 Å². The molecule has 0 radical (unpaired) electrons. The van der Waals surface area contributed by atoms with Crippen LogP contribution in [0.4, 0.5) is 0 Å². The van der Waals surface area contributed by atoms with Crippen LogP contribution in [0.5, 0.6) is 0 Å². The minimum Gasteiger partial charge on any atom is -0.466 e. The first-order chi connectivity index (χ1) is 15.1. The fourth-order valence-corrected chi connectivity index (χ4v) is 4.36. The zero-order chi connectivity index (χ0) is 22.1. The van der Waals surface area contributed by atoms with Gasteiger partial charge in [-0.05, 0) is 38.3 Å². The number of nitrogens with one attached hydrogen (secondary N) is 2. The maximum atomic E-state index is 13.3. The van der Waals surface area contributed by atoms with Crippen molar-refractivity contribution in [1.29, 1.82) is 0 Å². The van der Waals surface area contributed by atoms with Gasteiger partial charge in [-0.15, -0.1) is 0 Å². The lowest BCUT2D eigenvalue weighted by molar-refractivity contribution is -0.931. The summed E-state index contributed by atoms with van der Waals surface area (Å²) in [4.78, 5) is 29.5. The molecule has 0 bridgehead atoms. The molecule has 2 N–H and O–H groups in total. The summed E-state index contributed by atoms with van der Waals surface area (Å²) in [6.07, 6.45) is 10.7. The van der Waals surface area contributed by atoms with Crippen LogP contribution in [0.3, 0.4) is 0 Å². The average molecular weight is 425 g/mol. The van der Waals surface area contributed by atoms with Crippen LogP contribution in [0.25, 0.3) is 0 Å². The lowest BCUT2D eigenvalue weighted by Crippen LogP contribution is -3.16. The van der Waals surface area contributed by atoms with Gasteiger partial charge in [-0.3, -0.25) is 9.59 Å². The maximum Gasteiger partial charge on any atom is 0.270 e. The number of ether oxygens (including phenoxy) is 1. The van der Waals surface area contributed by atoms with Gasteiger partial charge in [-0.25, -0.2) is 0 Å². The van der Waals surface area contributed by atoms with Crippen molar-refractivity contribution in [3.8, 4) is 0 Å². The standard InChI is InChI=1S/C25H33N3O3/c1-3-18-31-20(2)19-23(26-24(29)21-10-6-4-7-11-21)25(30)28-16-12-22(13-17-28)27-14-8-5-9-15-27/h3-4,6-7,10-11,18-19,22H,2,5,8-9,12-17H2,1H3,(H,26,29)/p+1/b18-3-,23-19-. The number of hydrogen-bond acceptors (Lipinski definition) is 3. The monoisotopic (exact) mass is 424 g/mol. The number of likely N-dealkylation sites (tertiary alicyclic amines) is 2. The topological polar surface area (TPSA) is 63.1 Å². The second-order valence-electron chi connectivity index (χ2n) is 8.22. The van der Waals surface area contributed by atoms with Gasteiger partial charge < -0.3 is 19.9 Å². The molecule has 1 aromatic carbocycles. The quantitative estimate of drug-likeness (QED) is 0.401. The Morgan fingerprint density at radius 3 is 2.45 bits per heavy atom. The second kappa shape index (κ2) is 11.5. The summed E-state index contributed by atoms with van der Waals surface area (Å²) in [5, 5.41) is 2.77. The predicted octanol–water partition coefficient (Wildman–Crippen LogP) is 2.42. The van der Waals surface area contributed by atoms with Crippen LogP contribution in [0.1, 0.15) is 49.4 Å². The van der Waals surface area contributed by atoms with Gasteiger partial charge in [0.15, 0.2) is 0 Å². The van der Waals surface area contributed by atoms with Crippen molar-refractivity contribution in [3.05, 3.63) is 72.3 Å². The molecule has 2 aliphatic heterocycles. The highest BCUT2D eigenvalue weighted by Gasteiger charge is 2.31. The third kappa shape index (κ3) is 6.56. The molecule has 6 nitrogen and oxygen atoms in total. The fraction of sp³-hybridized carbons (Fsp3) is 0.440. The molecule has 2 fully saturated rings. The molecule has 0 aromatic heterocycles. The number of allylic oxidation sites excluding steroid dienone is 2. The molecule has 0 spiro atoms. The lowest BCUT2D eigenvalue weighted by Gasteiger charge is -2.38. The van der Waals surface area contributed by atoms with E-state index in [1.165, 1.54) is 44.7 Å². The Morgan fingerprint density at radius 2 is 1.81 bits per heavy atom. The molecule has 0 unspecified atom stereocenters. The van der Waals surface area contributed by atoms with Gasteiger partial charge in [0.05, 0.1) is 25.4 Å². The van der Waals surface area contributed by atoms with Crippen LogP contribution in [0, 0.1) is 0 Å². The number of nitrogens with zero attached hydrogens (tertiary/aromatic N) is 1. The third-order valence-electron chi connectivity index (χ3n) is 6.03. The summed E-state index contributed by atoms with van der Waals surface area (Å²) in [7, 11) is 0. The Balaban J connectivity index is 1.67. The van der Waals surface area contributed by atoms with E-state index >= 15 is 0 Å². The molecule has 166 valence electrons. The molecule has 6 heteroatoms. The number of quaternary nitrogens is 1. The van der Waals surface area contributed by atoms with Gasteiger partial charge in [-0.2, -0.15) is 0 Å². The molecule has 31 heavy (non-hydrogen) atoms. The van der Waals surface area contributed by atoms with E-state index in [-0.39, 0.29) is 17.5 Å². The van der Waals surface area contributed by atoms with Crippen molar-refractivity contribution >= 4 is 11.8 Å². The minimum atomic E-state index is -0.327. The van der Waals surface area contributed by atoms with Gasteiger partial charge in [0, 0.05) is 37.6 Å². The summed E-state index contributed by atoms with van der Waals surface area (Å²) in [6.45, 7) is 9.57. The normalized spacial score (nSPS) is 18.7. The number of carbonyl (C=O) groups is 2. The van der Waals surface area contributed by atoms with E-state index < -0.39 is 0 Å². The van der Waals surface area contributed by atoms with Gasteiger partial charge in [0.1, 0.15) is 11.5 Å². The van der Waals surface area contributed by atoms with E-state index in [0.29, 0.717) is 30.5 Å². The summed E-state index contributed by atoms with van der Waals surface area (Å²) >= 11 is 0. The molecule has 0 aliphatic carbocycles. The van der Waals surface area contributed by atoms with Crippen molar-refractivity contribution in [2.75, 3.05) is 26.2 Å². The Kier molecular flexibility index (Phi) is 8.47. The molecule has 1 aromatic rings. The largest absolute Gasteiger partial charge is 0.466 e. The van der Waals surface area contributed by atoms with Crippen molar-refractivity contribution < 1.29 is 19.2 Å². The van der Waals surface area contributed by atoms with Gasteiger partial charge in [-0.1, -0.05) is 30.9 Å². The maximum absolute atomic E-state index is 13.3. The van der Waals surface area contributed by atoms with E-state index in [1.54, 1.807) is 35.2 Å².